The Labute approximate surface area is 343 Å². The molecule has 0 saturated carbocycles. The van der Waals surface area contributed by atoms with Gasteiger partial charge in [-0.2, -0.15) is 0 Å². The Hall–Kier alpha value is -6.58. The Kier molecular flexibility index (Phi) is 9.20. The molecule has 2 aliphatic rings. The molecule has 4 heterocycles. The number of fused-ring (bicyclic) bond motifs is 2. The lowest BCUT2D eigenvalue weighted by Crippen LogP contribution is -2.20. The van der Waals surface area contributed by atoms with Gasteiger partial charge in [0.25, 0.3) is 0 Å². The first-order chi connectivity index (χ1) is 27.9. The molecule has 0 amide bonds. The number of rotatable bonds is 5. The minimum absolute atomic E-state index is 0.129. The average molecular weight is 752 g/mol. The fourth-order valence-corrected chi connectivity index (χ4v) is 8.36. The van der Waals surface area contributed by atoms with Gasteiger partial charge in [-0.25, -0.2) is 0 Å². The zero-order valence-corrected chi connectivity index (χ0v) is 34.5. The zero-order valence-electron chi connectivity index (χ0n) is 34.5. The lowest BCUT2D eigenvalue weighted by atomic mass is 9.77. The van der Waals surface area contributed by atoms with Crippen LogP contribution in [0.25, 0.3) is 55.9 Å². The topological polar surface area (TPSA) is 29.0 Å². The minimum atomic E-state index is -0.295. The van der Waals surface area contributed by atoms with E-state index in [2.05, 4.69) is 211 Å². The van der Waals surface area contributed by atoms with Gasteiger partial charge in [-0.05, 0) is 129 Å². The van der Waals surface area contributed by atoms with Gasteiger partial charge in [0.05, 0.1) is 17.1 Å². The van der Waals surface area contributed by atoms with E-state index >= 15 is 0 Å². The van der Waals surface area contributed by atoms with Crippen LogP contribution in [-0.2, 0) is 10.8 Å². The first-order valence-electron chi connectivity index (χ1n) is 20.3. The van der Waals surface area contributed by atoms with E-state index in [-0.39, 0.29) is 10.8 Å². The van der Waals surface area contributed by atoms with Crippen molar-refractivity contribution in [3.63, 3.8) is 0 Å². The largest absolute Gasteiger partial charge is 0.310 e. The van der Waals surface area contributed by atoms with E-state index < -0.39 is 0 Å². The lowest BCUT2D eigenvalue weighted by molar-refractivity contribution is 0.590. The summed E-state index contributed by atoms with van der Waals surface area (Å²) in [5.41, 5.74) is 20.1. The van der Waals surface area contributed by atoms with E-state index in [0.717, 1.165) is 50.7 Å². The van der Waals surface area contributed by atoms with Gasteiger partial charge < -0.3 is 4.90 Å². The van der Waals surface area contributed by atoms with Crippen LogP contribution in [-0.4, -0.2) is 9.97 Å². The maximum Gasteiger partial charge on any atom is 0.0709 e. The van der Waals surface area contributed by atoms with Crippen LogP contribution in [0.3, 0.4) is 0 Å². The Morgan fingerprint density at radius 1 is 0.448 bits per heavy atom. The van der Waals surface area contributed by atoms with Crippen molar-refractivity contribution in [2.24, 2.45) is 0 Å². The molecule has 0 fully saturated rings. The average Bonchev–Trinajstić information content (AvgIpc) is 3.25. The third kappa shape index (κ3) is 6.81. The van der Waals surface area contributed by atoms with Crippen molar-refractivity contribution < 1.29 is 0 Å². The predicted molar refractivity (Wildman–Crippen MR) is 244 cm³/mol. The van der Waals surface area contributed by atoms with Crippen LogP contribution in [0.1, 0.15) is 62.4 Å². The molecule has 0 saturated heterocycles. The van der Waals surface area contributed by atoms with E-state index in [9.17, 15) is 0 Å². The van der Waals surface area contributed by atoms with Crippen molar-refractivity contribution in [2.45, 2.75) is 59.3 Å². The number of aryl methyl sites for hydroxylation is 2. The summed E-state index contributed by atoms with van der Waals surface area (Å²) in [4.78, 5) is 12.6. The van der Waals surface area contributed by atoms with Crippen molar-refractivity contribution in [1.29, 1.82) is 0 Å². The molecule has 58 heavy (non-hydrogen) atoms. The van der Waals surface area contributed by atoms with Gasteiger partial charge in [-0.15, -0.1) is 0 Å². The molecular formula is C55H49N3. The zero-order chi connectivity index (χ0) is 40.2. The fraction of sp³-hybridized carbons (Fsp3) is 0.164. The minimum Gasteiger partial charge on any atom is -0.310 e. The van der Waals surface area contributed by atoms with Crippen LogP contribution in [0, 0.1) is 13.8 Å². The van der Waals surface area contributed by atoms with Gasteiger partial charge in [0.2, 0.25) is 0 Å². The van der Waals surface area contributed by atoms with Gasteiger partial charge in [0.15, 0.2) is 0 Å². The number of aromatic nitrogens is 2. The highest BCUT2D eigenvalue weighted by atomic mass is 15.1. The SMILES string of the molecule is Cc1cnc(-c2cc(N3c4cc(-c5cc(-c6ccccc6)c(C)cn5)cc(c4)C(C)(C)c4ccc(cc4)-c4ccccc43)cc(C(C)(C)C)c2)cc1-c1ccccc1. The molecular weight excluding hydrogens is 703 g/mol. The van der Waals surface area contributed by atoms with E-state index in [1.54, 1.807) is 0 Å². The second-order valence-corrected chi connectivity index (χ2v) is 17.3. The molecule has 2 aromatic heterocycles. The molecule has 3 heteroatoms. The standard InChI is InChI=1S/C55H49N3/c1-36-34-56-51(32-49(36)38-16-10-8-11-17-38)41-26-44(54(3,4)5)30-46(28-41)58-47-29-42(52-33-50(37(2)35-57-52)39-18-12-9-13-19-39)27-45(31-47)55(6,7)43-24-22-40(23-25-43)48-20-14-15-21-53(48)58/h8-35H,1-7H3. The quantitative estimate of drug-likeness (QED) is 0.175. The van der Waals surface area contributed by atoms with Crippen LogP contribution >= 0.6 is 0 Å². The highest BCUT2D eigenvalue weighted by molar-refractivity contribution is 5.91. The summed E-state index contributed by atoms with van der Waals surface area (Å²) in [6.07, 6.45) is 4.04. The van der Waals surface area contributed by atoms with Crippen molar-refractivity contribution in [1.82, 2.24) is 9.97 Å². The molecule has 3 nitrogen and oxygen atoms in total. The van der Waals surface area contributed by atoms with Crippen molar-refractivity contribution in [2.75, 3.05) is 4.90 Å². The molecule has 0 aliphatic carbocycles. The predicted octanol–water partition coefficient (Wildman–Crippen LogP) is 14.8. The van der Waals surface area contributed by atoms with Crippen LogP contribution in [0.2, 0.25) is 0 Å². The summed E-state index contributed by atoms with van der Waals surface area (Å²) in [6.45, 7) is 15.9. The molecule has 8 aromatic rings. The third-order valence-corrected chi connectivity index (χ3v) is 12.0. The normalized spacial score (nSPS) is 13.2. The number of pyridine rings is 2. The van der Waals surface area contributed by atoms with Crippen molar-refractivity contribution >= 4 is 17.1 Å². The van der Waals surface area contributed by atoms with Gasteiger partial charge in [-0.3, -0.25) is 9.97 Å². The van der Waals surface area contributed by atoms with E-state index in [0.29, 0.717) is 0 Å². The number of hydrogen-bond donors (Lipinski definition) is 0. The number of anilines is 3. The van der Waals surface area contributed by atoms with Gasteiger partial charge in [-0.1, -0.05) is 138 Å². The van der Waals surface area contributed by atoms with Crippen LogP contribution in [0.4, 0.5) is 17.1 Å². The molecule has 10 rings (SSSR count). The van der Waals surface area contributed by atoms with Crippen LogP contribution in [0.15, 0.2) is 170 Å². The van der Waals surface area contributed by atoms with E-state index in [1.165, 1.54) is 50.1 Å². The fourth-order valence-electron chi connectivity index (χ4n) is 8.36. The molecule has 0 atom stereocenters. The summed E-state index contributed by atoms with van der Waals surface area (Å²) < 4.78 is 0. The molecule has 0 unspecified atom stereocenters. The van der Waals surface area contributed by atoms with E-state index in [4.69, 9.17) is 9.97 Å². The molecule has 2 aliphatic heterocycles. The van der Waals surface area contributed by atoms with Gasteiger partial charge in [0, 0.05) is 45.9 Å². The molecule has 0 N–H and O–H groups in total. The van der Waals surface area contributed by atoms with Crippen LogP contribution in [0.5, 0.6) is 0 Å². The smallest absolute Gasteiger partial charge is 0.0709 e. The molecule has 0 spiro atoms. The molecule has 4 bridgehead atoms. The van der Waals surface area contributed by atoms with Crippen molar-refractivity contribution in [3.8, 4) is 55.9 Å². The first-order valence-corrected chi connectivity index (χ1v) is 20.3. The Bertz CT molecular complexity index is 2790. The summed E-state index contributed by atoms with van der Waals surface area (Å²) in [7, 11) is 0. The summed E-state index contributed by atoms with van der Waals surface area (Å²) in [5.74, 6) is 0. The maximum atomic E-state index is 5.10. The summed E-state index contributed by atoms with van der Waals surface area (Å²) in [6, 6.07) is 57.9. The van der Waals surface area contributed by atoms with Gasteiger partial charge >= 0.3 is 0 Å². The number of nitrogens with zero attached hydrogens (tertiary/aromatic N) is 3. The highest BCUT2D eigenvalue weighted by Gasteiger charge is 2.29. The summed E-state index contributed by atoms with van der Waals surface area (Å²) in [5, 5.41) is 0. The molecule has 6 aromatic carbocycles. The van der Waals surface area contributed by atoms with Crippen LogP contribution < -0.4 is 4.90 Å². The molecule has 284 valence electrons. The molecule has 0 radical (unpaired) electrons. The number of benzene rings is 6. The Morgan fingerprint density at radius 2 is 0.948 bits per heavy atom. The van der Waals surface area contributed by atoms with Gasteiger partial charge in [0.1, 0.15) is 0 Å². The summed E-state index contributed by atoms with van der Waals surface area (Å²) >= 11 is 0. The Morgan fingerprint density at radius 3 is 1.52 bits per heavy atom. The maximum absolute atomic E-state index is 5.10. The second kappa shape index (κ2) is 14.4. The number of hydrogen-bond acceptors (Lipinski definition) is 3. The van der Waals surface area contributed by atoms with E-state index in [1.807, 2.05) is 12.4 Å². The third-order valence-electron chi connectivity index (χ3n) is 12.0. The Balaban J connectivity index is 1.33. The van der Waals surface area contributed by atoms with Crippen molar-refractivity contribution in [3.05, 3.63) is 198 Å². The second-order valence-electron chi connectivity index (χ2n) is 17.3. The number of para-hydroxylation sites is 1. The monoisotopic (exact) mass is 751 g/mol. The highest BCUT2D eigenvalue weighted by Crippen LogP contribution is 2.47. The first kappa shape index (κ1) is 37.0. The lowest BCUT2D eigenvalue weighted by Gasteiger charge is -2.32.